The van der Waals surface area contributed by atoms with Crippen molar-refractivity contribution in [3.05, 3.63) is 29.8 Å². The zero-order valence-corrected chi connectivity index (χ0v) is 12.1. The maximum Gasteiger partial charge on any atom is 0.258 e. The van der Waals surface area contributed by atoms with Gasteiger partial charge in [-0.25, -0.2) is 0 Å². The summed E-state index contributed by atoms with van der Waals surface area (Å²) in [7, 11) is 0. The molecule has 4 heteroatoms. The molecule has 0 radical (unpaired) electrons. The van der Waals surface area contributed by atoms with Crippen molar-refractivity contribution < 1.29 is 9.53 Å². The Hall–Kier alpha value is -1.55. The van der Waals surface area contributed by atoms with Gasteiger partial charge in [0.05, 0.1) is 0 Å². The van der Waals surface area contributed by atoms with E-state index in [0.29, 0.717) is 11.7 Å². The number of hydrogen-bond acceptors (Lipinski definition) is 3. The highest BCUT2D eigenvalue weighted by Crippen LogP contribution is 2.22. The van der Waals surface area contributed by atoms with E-state index in [-0.39, 0.29) is 24.6 Å². The van der Waals surface area contributed by atoms with Gasteiger partial charge in [0.2, 0.25) is 0 Å². The number of benzene rings is 1. The normalized spacial score (nSPS) is 14.0. The number of nitrogens with one attached hydrogen (secondary N) is 1. The van der Waals surface area contributed by atoms with Crippen molar-refractivity contribution in [3.63, 3.8) is 0 Å². The molecule has 0 fully saturated rings. The van der Waals surface area contributed by atoms with E-state index in [4.69, 9.17) is 10.5 Å². The van der Waals surface area contributed by atoms with Crippen LogP contribution in [0.2, 0.25) is 0 Å². The Morgan fingerprint density at radius 2 is 1.89 bits per heavy atom. The molecule has 1 unspecified atom stereocenters. The van der Waals surface area contributed by atoms with E-state index in [1.807, 2.05) is 38.1 Å². The molecule has 0 aromatic heterocycles. The van der Waals surface area contributed by atoms with Crippen LogP contribution in [0.4, 0.5) is 0 Å². The van der Waals surface area contributed by atoms with E-state index in [0.717, 1.165) is 5.56 Å². The second-order valence-electron chi connectivity index (χ2n) is 5.22. The van der Waals surface area contributed by atoms with Gasteiger partial charge in [0.1, 0.15) is 5.75 Å². The van der Waals surface area contributed by atoms with Crippen LogP contribution < -0.4 is 15.8 Å². The molecule has 4 nitrogen and oxygen atoms in total. The van der Waals surface area contributed by atoms with Crippen LogP contribution in [0.5, 0.6) is 5.75 Å². The molecule has 106 valence electrons. The van der Waals surface area contributed by atoms with Gasteiger partial charge in [-0.1, -0.05) is 32.0 Å². The Labute approximate surface area is 115 Å². The number of carbonyl (C=O) groups is 1. The summed E-state index contributed by atoms with van der Waals surface area (Å²) in [6, 6.07) is 7.54. The van der Waals surface area contributed by atoms with E-state index in [1.54, 1.807) is 0 Å². The summed E-state index contributed by atoms with van der Waals surface area (Å²) >= 11 is 0. The van der Waals surface area contributed by atoms with Gasteiger partial charge in [-0.15, -0.1) is 0 Å². The Kier molecular flexibility index (Phi) is 5.83. The molecule has 1 rings (SSSR count). The molecule has 0 aliphatic heterocycles. The van der Waals surface area contributed by atoms with E-state index in [1.165, 1.54) is 0 Å². The van der Waals surface area contributed by atoms with Crippen molar-refractivity contribution in [1.82, 2.24) is 5.32 Å². The van der Waals surface area contributed by atoms with E-state index >= 15 is 0 Å². The lowest BCUT2D eigenvalue weighted by Gasteiger charge is -2.18. The smallest absolute Gasteiger partial charge is 0.258 e. The zero-order chi connectivity index (χ0) is 14.4. The Bertz CT molecular complexity index is 416. The number of hydrogen-bond donors (Lipinski definition) is 2. The first-order valence-corrected chi connectivity index (χ1v) is 6.68. The number of rotatable bonds is 6. The minimum absolute atomic E-state index is 0.0147. The number of para-hydroxylation sites is 1. The number of amides is 1. The standard InChI is InChI=1S/C15H24N2O2/c1-10(2)12(4)17-15(18)9-19-14-8-6-5-7-13(14)11(3)16/h5-8,10-12H,9,16H2,1-4H3,(H,17,18)/t11-,12?/m1/s1. The van der Waals surface area contributed by atoms with Crippen molar-refractivity contribution in [1.29, 1.82) is 0 Å². The van der Waals surface area contributed by atoms with Gasteiger partial charge in [0.25, 0.3) is 5.91 Å². The quantitative estimate of drug-likeness (QED) is 0.828. The number of carbonyl (C=O) groups excluding carboxylic acids is 1. The fourth-order valence-corrected chi connectivity index (χ4v) is 1.59. The van der Waals surface area contributed by atoms with Gasteiger partial charge in [-0.2, -0.15) is 0 Å². The molecule has 1 aromatic carbocycles. The minimum Gasteiger partial charge on any atom is -0.483 e. The molecule has 1 aromatic rings. The SMILES string of the molecule is CC(C)C(C)NC(=O)COc1ccccc1[C@@H](C)N. The summed E-state index contributed by atoms with van der Waals surface area (Å²) in [5, 5.41) is 2.90. The van der Waals surface area contributed by atoms with Crippen LogP contribution in [0.25, 0.3) is 0 Å². The van der Waals surface area contributed by atoms with E-state index < -0.39 is 0 Å². The summed E-state index contributed by atoms with van der Waals surface area (Å²) in [6.45, 7) is 8.02. The molecule has 0 aliphatic rings. The van der Waals surface area contributed by atoms with Crippen LogP contribution in [-0.2, 0) is 4.79 Å². The van der Waals surface area contributed by atoms with Gasteiger partial charge in [-0.3, -0.25) is 4.79 Å². The topological polar surface area (TPSA) is 64.3 Å². The van der Waals surface area contributed by atoms with Gasteiger partial charge in [-0.05, 0) is 25.8 Å². The molecule has 2 atom stereocenters. The van der Waals surface area contributed by atoms with Crippen LogP contribution in [0.1, 0.15) is 39.3 Å². The largest absolute Gasteiger partial charge is 0.483 e. The highest BCUT2D eigenvalue weighted by Gasteiger charge is 2.12. The molecule has 0 saturated carbocycles. The highest BCUT2D eigenvalue weighted by molar-refractivity contribution is 5.77. The van der Waals surface area contributed by atoms with Crippen molar-refractivity contribution >= 4 is 5.91 Å². The van der Waals surface area contributed by atoms with Crippen LogP contribution >= 0.6 is 0 Å². The van der Waals surface area contributed by atoms with E-state index in [2.05, 4.69) is 19.2 Å². The zero-order valence-electron chi connectivity index (χ0n) is 12.1. The molecule has 0 heterocycles. The van der Waals surface area contributed by atoms with Crippen molar-refractivity contribution in [2.75, 3.05) is 6.61 Å². The predicted octanol–water partition coefficient (Wildman–Crippen LogP) is 2.25. The molecule has 19 heavy (non-hydrogen) atoms. The van der Waals surface area contributed by atoms with Gasteiger partial charge in [0.15, 0.2) is 6.61 Å². The maximum absolute atomic E-state index is 11.7. The van der Waals surface area contributed by atoms with Crippen LogP contribution in [-0.4, -0.2) is 18.6 Å². The van der Waals surface area contributed by atoms with Crippen molar-refractivity contribution in [2.24, 2.45) is 11.7 Å². The third-order valence-electron chi connectivity index (χ3n) is 3.16. The summed E-state index contributed by atoms with van der Waals surface area (Å²) in [4.78, 5) is 11.7. The highest BCUT2D eigenvalue weighted by atomic mass is 16.5. The fraction of sp³-hybridized carbons (Fsp3) is 0.533. The number of ether oxygens (including phenoxy) is 1. The average Bonchev–Trinajstić information content (AvgIpc) is 2.36. The van der Waals surface area contributed by atoms with Crippen LogP contribution in [0.15, 0.2) is 24.3 Å². The first-order chi connectivity index (χ1) is 8.91. The summed E-state index contributed by atoms with van der Waals surface area (Å²) in [5.74, 6) is 0.964. The first-order valence-electron chi connectivity index (χ1n) is 6.68. The third kappa shape index (κ3) is 4.91. The third-order valence-corrected chi connectivity index (χ3v) is 3.16. The fourth-order valence-electron chi connectivity index (χ4n) is 1.59. The summed E-state index contributed by atoms with van der Waals surface area (Å²) in [5.41, 5.74) is 6.77. The van der Waals surface area contributed by atoms with E-state index in [9.17, 15) is 4.79 Å². The Morgan fingerprint density at radius 1 is 1.26 bits per heavy atom. The average molecular weight is 264 g/mol. The first kappa shape index (κ1) is 15.5. The lowest BCUT2D eigenvalue weighted by molar-refractivity contribution is -0.124. The molecular weight excluding hydrogens is 240 g/mol. The second-order valence-corrected chi connectivity index (χ2v) is 5.22. The molecule has 3 N–H and O–H groups in total. The molecule has 0 saturated heterocycles. The van der Waals surface area contributed by atoms with Crippen LogP contribution in [0.3, 0.4) is 0 Å². The molecule has 0 bridgehead atoms. The van der Waals surface area contributed by atoms with Gasteiger partial charge >= 0.3 is 0 Å². The second kappa shape index (κ2) is 7.14. The summed E-state index contributed by atoms with van der Waals surface area (Å²) in [6.07, 6.45) is 0. The summed E-state index contributed by atoms with van der Waals surface area (Å²) < 4.78 is 5.55. The van der Waals surface area contributed by atoms with Gasteiger partial charge in [0, 0.05) is 17.6 Å². The molecule has 1 amide bonds. The van der Waals surface area contributed by atoms with Crippen molar-refractivity contribution in [2.45, 2.75) is 39.8 Å². The molecule has 0 spiro atoms. The number of nitrogens with two attached hydrogens (primary N) is 1. The van der Waals surface area contributed by atoms with Crippen LogP contribution in [0, 0.1) is 5.92 Å². The van der Waals surface area contributed by atoms with Gasteiger partial charge < -0.3 is 15.8 Å². The predicted molar refractivity (Wildman–Crippen MR) is 77.0 cm³/mol. The molecule has 0 aliphatic carbocycles. The minimum atomic E-state index is -0.117. The lowest BCUT2D eigenvalue weighted by Crippen LogP contribution is -2.39. The molecular formula is C15H24N2O2. The maximum atomic E-state index is 11.7. The monoisotopic (exact) mass is 264 g/mol. The van der Waals surface area contributed by atoms with Crippen molar-refractivity contribution in [3.8, 4) is 5.75 Å². The Morgan fingerprint density at radius 3 is 2.47 bits per heavy atom. The lowest BCUT2D eigenvalue weighted by atomic mass is 10.1. The Balaban J connectivity index is 2.55.